The minimum absolute atomic E-state index is 0.0682. The lowest BCUT2D eigenvalue weighted by Gasteiger charge is -2.31. The van der Waals surface area contributed by atoms with Gasteiger partial charge in [-0.25, -0.2) is 4.98 Å². The van der Waals surface area contributed by atoms with Crippen LogP contribution in [0.1, 0.15) is 70.2 Å². The number of aromatic nitrogens is 2. The van der Waals surface area contributed by atoms with E-state index in [-0.39, 0.29) is 23.7 Å². The van der Waals surface area contributed by atoms with Crippen molar-refractivity contribution in [2.24, 2.45) is 0 Å². The van der Waals surface area contributed by atoms with Gasteiger partial charge in [-0.1, -0.05) is 31.4 Å². The number of nitrogens with zero attached hydrogens (tertiary/aromatic N) is 3. The molecule has 2 atom stereocenters. The molecule has 2 unspecified atom stereocenters. The second-order valence-corrected chi connectivity index (χ2v) is 7.85. The Morgan fingerprint density at radius 2 is 1.92 bits per heavy atom. The van der Waals surface area contributed by atoms with Crippen molar-refractivity contribution in [3.05, 3.63) is 30.1 Å². The average Bonchev–Trinajstić information content (AvgIpc) is 3.22. The molecule has 0 N–H and O–H groups in total. The number of ketones is 1. The molecular weight excluding hydrogens is 326 g/mol. The molecule has 138 valence electrons. The molecule has 26 heavy (non-hydrogen) atoms. The fraction of sp³-hybridized carbons (Fsp3) is 0.571. The molecule has 0 spiro atoms. The Labute approximate surface area is 154 Å². The van der Waals surface area contributed by atoms with Crippen LogP contribution in [-0.4, -0.2) is 38.7 Å². The first-order valence-electron chi connectivity index (χ1n) is 9.83. The summed E-state index contributed by atoms with van der Waals surface area (Å²) in [5.74, 6) is 1.32. The maximum Gasteiger partial charge on any atom is 0.223 e. The number of imidazole rings is 1. The molecule has 2 heterocycles. The van der Waals surface area contributed by atoms with E-state index in [1.54, 1.807) is 6.92 Å². The Bertz CT molecular complexity index is 835. The van der Waals surface area contributed by atoms with Crippen LogP contribution in [0.15, 0.2) is 24.3 Å². The molecule has 2 aromatic rings. The zero-order valence-corrected chi connectivity index (χ0v) is 15.6. The van der Waals surface area contributed by atoms with Gasteiger partial charge in [-0.3, -0.25) is 9.59 Å². The van der Waals surface area contributed by atoms with Crippen molar-refractivity contribution in [3.8, 4) is 0 Å². The van der Waals surface area contributed by atoms with Crippen molar-refractivity contribution < 1.29 is 9.59 Å². The van der Waals surface area contributed by atoms with Gasteiger partial charge >= 0.3 is 0 Å². The number of rotatable bonds is 4. The lowest BCUT2D eigenvalue weighted by atomic mass is 9.94. The van der Waals surface area contributed by atoms with Crippen LogP contribution < -0.4 is 0 Å². The minimum atomic E-state index is -0.267. The SMILES string of the molecule is CC(=O)C(C)n1c(C2CC(=O)N(C3CCCCC3)C2)nc2ccccc21. The zero-order chi connectivity index (χ0) is 18.3. The summed E-state index contributed by atoms with van der Waals surface area (Å²) in [6.07, 6.45) is 6.48. The van der Waals surface area contributed by atoms with Gasteiger partial charge in [0.05, 0.1) is 17.1 Å². The molecule has 5 heteroatoms. The Kier molecular flexibility index (Phi) is 4.55. The number of fused-ring (bicyclic) bond motifs is 1. The molecule has 4 rings (SSSR count). The van der Waals surface area contributed by atoms with Crippen molar-refractivity contribution in [1.82, 2.24) is 14.5 Å². The summed E-state index contributed by atoms with van der Waals surface area (Å²) in [6, 6.07) is 8.07. The van der Waals surface area contributed by atoms with Gasteiger partial charge < -0.3 is 9.47 Å². The highest BCUT2D eigenvalue weighted by Gasteiger charge is 2.38. The third-order valence-electron chi connectivity index (χ3n) is 6.14. The van der Waals surface area contributed by atoms with Gasteiger partial charge in [0.25, 0.3) is 0 Å². The number of hydrogen-bond donors (Lipinski definition) is 0. The van der Waals surface area contributed by atoms with Crippen LogP contribution in [0.5, 0.6) is 0 Å². The number of likely N-dealkylation sites (tertiary alicyclic amines) is 1. The fourth-order valence-corrected chi connectivity index (χ4v) is 4.59. The Morgan fingerprint density at radius 3 is 2.65 bits per heavy atom. The number of carbonyl (C=O) groups excluding carboxylic acids is 2. The lowest BCUT2D eigenvalue weighted by molar-refractivity contribution is -0.130. The molecule has 1 saturated carbocycles. The molecule has 1 amide bonds. The van der Waals surface area contributed by atoms with Crippen molar-refractivity contribution in [3.63, 3.8) is 0 Å². The van der Waals surface area contributed by atoms with Crippen LogP contribution >= 0.6 is 0 Å². The van der Waals surface area contributed by atoms with E-state index in [1.165, 1.54) is 19.3 Å². The van der Waals surface area contributed by atoms with Crippen LogP contribution in [0.3, 0.4) is 0 Å². The summed E-state index contributed by atoms with van der Waals surface area (Å²) in [6.45, 7) is 4.28. The first-order valence-corrected chi connectivity index (χ1v) is 9.83. The summed E-state index contributed by atoms with van der Waals surface area (Å²) in [7, 11) is 0. The van der Waals surface area contributed by atoms with E-state index in [4.69, 9.17) is 4.98 Å². The molecule has 0 bridgehead atoms. The van der Waals surface area contributed by atoms with Crippen molar-refractivity contribution in [2.45, 2.75) is 70.4 Å². The third kappa shape index (κ3) is 2.93. The minimum Gasteiger partial charge on any atom is -0.339 e. The monoisotopic (exact) mass is 353 g/mol. The van der Waals surface area contributed by atoms with E-state index in [9.17, 15) is 9.59 Å². The van der Waals surface area contributed by atoms with Gasteiger partial charge in [-0.2, -0.15) is 0 Å². The molecule has 1 aliphatic carbocycles. The highest BCUT2D eigenvalue weighted by Crippen LogP contribution is 2.35. The molecule has 0 radical (unpaired) electrons. The third-order valence-corrected chi connectivity index (χ3v) is 6.14. The molecule has 1 aliphatic heterocycles. The van der Waals surface area contributed by atoms with Gasteiger partial charge in [0.2, 0.25) is 5.91 Å². The summed E-state index contributed by atoms with van der Waals surface area (Å²) in [4.78, 5) is 31.7. The van der Waals surface area contributed by atoms with Gasteiger partial charge in [-0.05, 0) is 38.8 Å². The summed E-state index contributed by atoms with van der Waals surface area (Å²) in [5, 5.41) is 0. The number of hydrogen-bond acceptors (Lipinski definition) is 3. The number of benzene rings is 1. The summed E-state index contributed by atoms with van der Waals surface area (Å²) < 4.78 is 2.06. The number of Topliss-reactive ketones (excluding diaryl/α,β-unsaturated/α-hetero) is 1. The summed E-state index contributed by atoms with van der Waals surface area (Å²) in [5.41, 5.74) is 1.88. The zero-order valence-electron chi connectivity index (χ0n) is 15.6. The van der Waals surface area contributed by atoms with E-state index < -0.39 is 0 Å². The van der Waals surface area contributed by atoms with E-state index in [0.29, 0.717) is 12.5 Å². The molecular formula is C21H27N3O2. The predicted octanol–water partition coefficient (Wildman–Crippen LogP) is 3.83. The molecule has 1 saturated heterocycles. The molecule has 1 aromatic carbocycles. The normalized spacial score (nSPS) is 22.9. The first kappa shape index (κ1) is 17.3. The summed E-state index contributed by atoms with van der Waals surface area (Å²) >= 11 is 0. The maximum absolute atomic E-state index is 12.7. The van der Waals surface area contributed by atoms with Gasteiger partial charge in [-0.15, -0.1) is 0 Å². The van der Waals surface area contributed by atoms with Crippen LogP contribution in [0.2, 0.25) is 0 Å². The highest BCUT2D eigenvalue weighted by molar-refractivity contribution is 5.85. The maximum atomic E-state index is 12.7. The smallest absolute Gasteiger partial charge is 0.223 e. The fourth-order valence-electron chi connectivity index (χ4n) is 4.59. The van der Waals surface area contributed by atoms with Crippen LogP contribution in [0, 0.1) is 0 Å². The molecule has 2 aliphatic rings. The average molecular weight is 353 g/mol. The Hall–Kier alpha value is -2.17. The quantitative estimate of drug-likeness (QED) is 0.839. The highest BCUT2D eigenvalue weighted by atomic mass is 16.2. The van der Waals surface area contributed by atoms with Crippen molar-refractivity contribution in [1.29, 1.82) is 0 Å². The lowest BCUT2D eigenvalue weighted by Crippen LogP contribution is -2.37. The standard InChI is InChI=1S/C21H27N3O2/c1-14(15(2)25)24-19-11-7-6-10-18(19)22-21(24)16-12-20(26)23(13-16)17-8-4-3-5-9-17/h6-7,10-11,14,16-17H,3-5,8-9,12-13H2,1-2H3. The van der Waals surface area contributed by atoms with Gasteiger partial charge in [0, 0.05) is 24.9 Å². The molecule has 2 fully saturated rings. The van der Waals surface area contributed by atoms with Crippen LogP contribution in [-0.2, 0) is 9.59 Å². The largest absolute Gasteiger partial charge is 0.339 e. The molecule has 5 nitrogen and oxygen atoms in total. The van der Waals surface area contributed by atoms with Gasteiger partial charge in [0.1, 0.15) is 5.82 Å². The van der Waals surface area contributed by atoms with Crippen molar-refractivity contribution in [2.75, 3.05) is 6.54 Å². The molecule has 1 aromatic heterocycles. The number of para-hydroxylation sites is 2. The predicted molar refractivity (Wildman–Crippen MR) is 101 cm³/mol. The first-order chi connectivity index (χ1) is 12.6. The van der Waals surface area contributed by atoms with Crippen LogP contribution in [0.25, 0.3) is 11.0 Å². The van der Waals surface area contributed by atoms with Crippen LogP contribution in [0.4, 0.5) is 0 Å². The van der Waals surface area contributed by atoms with E-state index in [1.807, 2.05) is 31.2 Å². The topological polar surface area (TPSA) is 55.2 Å². The van der Waals surface area contributed by atoms with E-state index in [0.717, 1.165) is 36.2 Å². The van der Waals surface area contributed by atoms with E-state index >= 15 is 0 Å². The van der Waals surface area contributed by atoms with Gasteiger partial charge in [0.15, 0.2) is 5.78 Å². The number of amides is 1. The Morgan fingerprint density at radius 1 is 1.19 bits per heavy atom. The second kappa shape index (κ2) is 6.86. The Balaban J connectivity index is 1.69. The number of carbonyl (C=O) groups is 2. The van der Waals surface area contributed by atoms with Crippen molar-refractivity contribution >= 4 is 22.7 Å². The van der Waals surface area contributed by atoms with E-state index in [2.05, 4.69) is 9.47 Å². The second-order valence-electron chi connectivity index (χ2n) is 7.85.